The van der Waals surface area contributed by atoms with Gasteiger partial charge in [-0.15, -0.1) is 0 Å². The zero-order valence-corrected chi connectivity index (χ0v) is 32.1. The number of carboxylic acids is 2. The van der Waals surface area contributed by atoms with Crippen molar-refractivity contribution in [3.8, 4) is 0 Å². The number of amides is 6. The van der Waals surface area contributed by atoms with Crippen LogP contribution in [0.15, 0.2) is 54.6 Å². The molecule has 2 aromatic carbocycles. The third kappa shape index (κ3) is 19.9. The second-order valence-corrected chi connectivity index (χ2v) is 13.4. The van der Waals surface area contributed by atoms with Crippen molar-refractivity contribution in [2.45, 2.75) is 95.7 Å². The van der Waals surface area contributed by atoms with Crippen molar-refractivity contribution in [1.29, 1.82) is 0 Å². The van der Waals surface area contributed by atoms with Crippen molar-refractivity contribution >= 4 is 58.8 Å². The van der Waals surface area contributed by atoms with Crippen LogP contribution in [-0.4, -0.2) is 98.9 Å². The zero-order chi connectivity index (χ0) is 45.0. The zero-order valence-electron chi connectivity index (χ0n) is 32.1. The predicted octanol–water partition coefficient (Wildman–Crippen LogP) is 0.872. The summed E-state index contributed by atoms with van der Waals surface area (Å²) in [6, 6.07) is 7.49. The second kappa shape index (κ2) is 24.2. The molecule has 5 atom stereocenters. The van der Waals surface area contributed by atoms with E-state index in [0.717, 1.165) is 0 Å². The van der Waals surface area contributed by atoms with Crippen LogP contribution in [0.5, 0.6) is 0 Å². The molecule has 0 radical (unpaired) electrons. The molecule has 0 saturated heterocycles. The van der Waals surface area contributed by atoms with E-state index < -0.39 is 88.7 Å². The lowest BCUT2D eigenvalue weighted by molar-refractivity contribution is -0.384. The van der Waals surface area contributed by atoms with Crippen LogP contribution in [0.4, 0.5) is 24.5 Å². The second-order valence-electron chi connectivity index (χ2n) is 13.4. The molecule has 0 bridgehead atoms. The number of non-ortho nitro benzene ring substituents is 1. The molecular formula is C36H47F3N8O12. The van der Waals surface area contributed by atoms with Gasteiger partial charge in [0.1, 0.15) is 24.2 Å². The Balaban J connectivity index is 0.00000227. The number of benzene rings is 2. The number of carbonyl (C=O) groups is 8. The Labute approximate surface area is 335 Å². The Hall–Kier alpha value is -6.65. The van der Waals surface area contributed by atoms with Crippen LogP contribution in [0, 0.1) is 16.0 Å². The van der Waals surface area contributed by atoms with E-state index in [2.05, 4.69) is 26.6 Å². The first kappa shape index (κ1) is 50.4. The Kier molecular flexibility index (Phi) is 20.7. The summed E-state index contributed by atoms with van der Waals surface area (Å²) in [4.78, 5) is 108. The number of carboxylic acid groups (broad SMARTS) is 2. The summed E-state index contributed by atoms with van der Waals surface area (Å²) in [5.41, 5.74) is 11.7. The summed E-state index contributed by atoms with van der Waals surface area (Å²) in [6.07, 6.45) is -5.97. The summed E-state index contributed by atoms with van der Waals surface area (Å²) in [6.45, 7) is 4.97. The lowest BCUT2D eigenvalue weighted by Gasteiger charge is -2.27. The molecule has 0 heterocycles. The highest BCUT2D eigenvalue weighted by atomic mass is 19.4. The molecule has 2 aromatic rings. The molecule has 20 nitrogen and oxygen atoms in total. The van der Waals surface area contributed by atoms with Gasteiger partial charge in [0.2, 0.25) is 35.4 Å². The highest BCUT2D eigenvalue weighted by Crippen LogP contribution is 2.17. The lowest BCUT2D eigenvalue weighted by Crippen LogP contribution is -2.58. The predicted molar refractivity (Wildman–Crippen MR) is 202 cm³/mol. The Morgan fingerprint density at radius 1 is 0.729 bits per heavy atom. The quantitative estimate of drug-likeness (QED) is 0.0623. The molecular weight excluding hydrogens is 793 g/mol. The third-order valence-corrected chi connectivity index (χ3v) is 7.91. The van der Waals surface area contributed by atoms with Gasteiger partial charge in [0.05, 0.1) is 11.0 Å². The van der Waals surface area contributed by atoms with Crippen LogP contribution in [0.2, 0.25) is 0 Å². The van der Waals surface area contributed by atoms with E-state index in [-0.39, 0.29) is 55.8 Å². The first-order valence-corrected chi connectivity index (χ1v) is 17.8. The minimum Gasteiger partial charge on any atom is -0.481 e. The molecule has 0 aliphatic carbocycles. The van der Waals surface area contributed by atoms with Crippen molar-refractivity contribution in [3.05, 3.63) is 70.3 Å². The van der Waals surface area contributed by atoms with E-state index in [4.69, 9.17) is 26.5 Å². The highest BCUT2D eigenvalue weighted by Gasteiger charge is 2.38. The lowest BCUT2D eigenvalue weighted by atomic mass is 10.00. The molecule has 11 N–H and O–H groups in total. The Morgan fingerprint density at radius 2 is 1.25 bits per heavy atom. The number of nitrogens with two attached hydrogens (primary N) is 2. The fraction of sp³-hybridized carbons (Fsp3) is 0.444. The van der Waals surface area contributed by atoms with Crippen LogP contribution in [0.1, 0.15) is 58.4 Å². The average Bonchev–Trinajstić information content (AvgIpc) is 3.14. The summed E-state index contributed by atoms with van der Waals surface area (Å²) >= 11 is 0. The van der Waals surface area contributed by atoms with Crippen LogP contribution in [0.25, 0.3) is 0 Å². The van der Waals surface area contributed by atoms with E-state index in [1.54, 1.807) is 44.2 Å². The molecule has 59 heavy (non-hydrogen) atoms. The molecule has 0 spiro atoms. The SMILES string of the molecule is CC(C)CC(NC(=O)C(C)NC(=O)C(N)CCC(=O)O)C(=O)NC(Cc1ccccc1)C(=O)NC(CCC(N)=O)C(=O)Nc1ccc([N+](=O)[O-])cc1.O=C(O)C(F)(F)F. The van der Waals surface area contributed by atoms with Crippen molar-refractivity contribution in [3.63, 3.8) is 0 Å². The molecule has 0 saturated carbocycles. The molecule has 324 valence electrons. The summed E-state index contributed by atoms with van der Waals surface area (Å²) in [5.74, 6) is -8.53. The number of anilines is 1. The number of halogens is 3. The van der Waals surface area contributed by atoms with Gasteiger partial charge >= 0.3 is 18.1 Å². The summed E-state index contributed by atoms with van der Waals surface area (Å²) in [5, 5.41) is 39.7. The van der Waals surface area contributed by atoms with Crippen molar-refractivity contribution in [1.82, 2.24) is 21.3 Å². The number of hydrogen-bond acceptors (Lipinski definition) is 11. The number of nitro groups is 1. The Morgan fingerprint density at radius 3 is 1.75 bits per heavy atom. The molecule has 6 amide bonds. The van der Waals surface area contributed by atoms with Crippen molar-refractivity contribution in [2.24, 2.45) is 17.4 Å². The van der Waals surface area contributed by atoms with Gasteiger partial charge in [-0.05, 0) is 49.8 Å². The van der Waals surface area contributed by atoms with Crippen LogP contribution in [0.3, 0.4) is 0 Å². The minimum atomic E-state index is -5.08. The maximum atomic E-state index is 13.8. The highest BCUT2D eigenvalue weighted by molar-refractivity contribution is 5.99. The van der Waals surface area contributed by atoms with Crippen LogP contribution in [-0.2, 0) is 44.8 Å². The smallest absolute Gasteiger partial charge is 0.481 e. The van der Waals surface area contributed by atoms with E-state index in [0.29, 0.717) is 5.56 Å². The van der Waals surface area contributed by atoms with Gasteiger partial charge < -0.3 is 48.3 Å². The first-order chi connectivity index (χ1) is 27.4. The number of hydrogen-bond donors (Lipinski definition) is 9. The minimum absolute atomic E-state index is 0.0338. The standard InChI is InChI=1S/C34H46N8O10.C2HF3O2/c1-19(2)17-26(40-30(46)20(3)37-31(47)24(35)13-16-29(44)45)33(49)41-27(18-21-7-5-4-6-8-21)34(50)39-25(14-15-28(36)43)32(48)38-22-9-11-23(12-10-22)42(51)52;3-2(4,5)1(6)7/h4-12,19-20,24-27H,13-18,35H2,1-3H3,(H2,36,43)(H,37,47)(H,38,48)(H,39,50)(H,40,46)(H,41,49)(H,44,45);(H,6,7). The monoisotopic (exact) mass is 840 g/mol. The van der Waals surface area contributed by atoms with Gasteiger partial charge in [-0.3, -0.25) is 43.7 Å². The van der Waals surface area contributed by atoms with Gasteiger partial charge in [0.15, 0.2) is 0 Å². The maximum Gasteiger partial charge on any atom is 0.490 e. The molecule has 2 rings (SSSR count). The number of alkyl halides is 3. The molecule has 0 aromatic heterocycles. The summed E-state index contributed by atoms with van der Waals surface area (Å²) in [7, 11) is 0. The molecule has 0 fully saturated rings. The topological polar surface area (TPSA) is 332 Å². The average molecular weight is 841 g/mol. The number of carbonyl (C=O) groups excluding carboxylic acids is 6. The van der Waals surface area contributed by atoms with Gasteiger partial charge in [-0.1, -0.05) is 44.2 Å². The number of nitro benzene ring substituents is 1. The number of aliphatic carboxylic acids is 2. The number of nitrogens with zero attached hydrogens (tertiary/aromatic N) is 1. The van der Waals surface area contributed by atoms with E-state index in [9.17, 15) is 56.8 Å². The fourth-order valence-electron chi connectivity index (χ4n) is 4.85. The van der Waals surface area contributed by atoms with Gasteiger partial charge in [0.25, 0.3) is 5.69 Å². The van der Waals surface area contributed by atoms with E-state index >= 15 is 0 Å². The maximum absolute atomic E-state index is 13.8. The largest absolute Gasteiger partial charge is 0.490 e. The molecule has 0 aliphatic heterocycles. The number of rotatable bonds is 21. The Bertz CT molecular complexity index is 1800. The first-order valence-electron chi connectivity index (χ1n) is 17.8. The number of primary amides is 1. The van der Waals surface area contributed by atoms with Crippen molar-refractivity contribution < 1.29 is 66.7 Å². The van der Waals surface area contributed by atoms with Crippen molar-refractivity contribution in [2.75, 3.05) is 5.32 Å². The number of nitrogens with one attached hydrogen (secondary N) is 5. The molecule has 5 unspecified atom stereocenters. The third-order valence-electron chi connectivity index (χ3n) is 7.91. The molecule has 23 heteroatoms. The fourth-order valence-corrected chi connectivity index (χ4v) is 4.85. The normalized spacial score (nSPS) is 13.4. The van der Waals surface area contributed by atoms with E-state index in [1.807, 2.05) is 0 Å². The van der Waals surface area contributed by atoms with Gasteiger partial charge in [-0.25, -0.2) is 4.79 Å². The van der Waals surface area contributed by atoms with Crippen LogP contribution >= 0.6 is 0 Å². The van der Waals surface area contributed by atoms with Gasteiger partial charge in [-0.2, -0.15) is 13.2 Å². The van der Waals surface area contributed by atoms with Gasteiger partial charge in [0, 0.05) is 37.1 Å². The molecule has 0 aliphatic rings. The summed E-state index contributed by atoms with van der Waals surface area (Å²) < 4.78 is 31.7. The van der Waals surface area contributed by atoms with Crippen LogP contribution < -0.4 is 38.1 Å². The van der Waals surface area contributed by atoms with E-state index in [1.165, 1.54) is 31.2 Å².